The molecule has 0 spiro atoms. The van der Waals surface area contributed by atoms with Crippen LogP contribution in [0, 0.1) is 0 Å². The van der Waals surface area contributed by atoms with E-state index in [1.165, 1.54) is 77.0 Å². The summed E-state index contributed by atoms with van der Waals surface area (Å²) in [6.45, 7) is 9.62. The Morgan fingerprint density at radius 1 is 0.586 bits per heavy atom. The van der Waals surface area contributed by atoms with Gasteiger partial charge in [0.1, 0.15) is 0 Å². The predicted molar refractivity (Wildman–Crippen MR) is 133 cm³/mol. The molecule has 0 amide bonds. The second-order valence-corrected chi connectivity index (χ2v) is 14.7. The maximum absolute atomic E-state index is 2.60. The zero-order valence-electron chi connectivity index (χ0n) is 19.3. The molecular weight excluding hydrogens is 477 g/mol. The SMILES string of the molecule is CCC[C@H]1CC[C@H](CCC)P1c1ccccc1P1[C@@H](CCC)CC[C@@H]1CCC.[Rh]. The smallest absolute Gasteiger partial charge is 0 e. The summed E-state index contributed by atoms with van der Waals surface area (Å²) in [7, 11) is 0.0876. The van der Waals surface area contributed by atoms with Crippen LogP contribution in [-0.2, 0) is 19.5 Å². The van der Waals surface area contributed by atoms with E-state index in [4.69, 9.17) is 0 Å². The second-order valence-electron chi connectivity index (χ2n) is 9.23. The van der Waals surface area contributed by atoms with Gasteiger partial charge < -0.3 is 0 Å². The van der Waals surface area contributed by atoms with Crippen LogP contribution in [0.15, 0.2) is 24.3 Å². The fourth-order valence-electron chi connectivity index (χ4n) is 6.08. The molecule has 0 N–H and O–H groups in total. The van der Waals surface area contributed by atoms with E-state index in [9.17, 15) is 0 Å². The van der Waals surface area contributed by atoms with Crippen molar-refractivity contribution in [1.82, 2.24) is 0 Å². The van der Waals surface area contributed by atoms with Gasteiger partial charge in [0.25, 0.3) is 0 Å². The van der Waals surface area contributed by atoms with Gasteiger partial charge >= 0.3 is 0 Å². The molecule has 2 fully saturated rings. The Hall–Kier alpha value is 0.703. The molecule has 2 aliphatic heterocycles. The normalized spacial score (nSPS) is 28.0. The van der Waals surface area contributed by atoms with Crippen molar-refractivity contribution in [3.8, 4) is 0 Å². The van der Waals surface area contributed by atoms with Crippen molar-refractivity contribution in [1.29, 1.82) is 0 Å². The van der Waals surface area contributed by atoms with Crippen molar-refractivity contribution in [3.63, 3.8) is 0 Å². The van der Waals surface area contributed by atoms with E-state index in [-0.39, 0.29) is 35.3 Å². The molecule has 0 aromatic heterocycles. The summed E-state index contributed by atoms with van der Waals surface area (Å²) >= 11 is 0. The van der Waals surface area contributed by atoms with Gasteiger partial charge in [-0.1, -0.05) is 93.5 Å². The third-order valence-electron chi connectivity index (χ3n) is 7.17. The number of rotatable bonds is 10. The van der Waals surface area contributed by atoms with Crippen molar-refractivity contribution in [2.24, 2.45) is 0 Å². The Morgan fingerprint density at radius 2 is 0.862 bits per heavy atom. The fraction of sp³-hybridized carbons (Fsp3) is 0.769. The largest absolute Gasteiger partial charge is 0.0683 e. The number of benzene rings is 1. The van der Waals surface area contributed by atoms with Crippen LogP contribution in [0.1, 0.15) is 105 Å². The van der Waals surface area contributed by atoms with Gasteiger partial charge in [0.2, 0.25) is 0 Å². The molecule has 0 saturated carbocycles. The first-order valence-corrected chi connectivity index (χ1v) is 15.4. The van der Waals surface area contributed by atoms with E-state index >= 15 is 0 Å². The molecule has 0 nitrogen and oxygen atoms in total. The van der Waals surface area contributed by atoms with Gasteiger partial charge in [-0.25, -0.2) is 0 Å². The third kappa shape index (κ3) is 6.15. The van der Waals surface area contributed by atoms with Gasteiger partial charge in [-0.2, -0.15) is 0 Å². The summed E-state index contributed by atoms with van der Waals surface area (Å²) in [5, 5.41) is 3.75. The van der Waals surface area contributed by atoms with Crippen molar-refractivity contribution < 1.29 is 19.5 Å². The zero-order chi connectivity index (χ0) is 19.9. The maximum atomic E-state index is 2.60. The Labute approximate surface area is 197 Å². The van der Waals surface area contributed by atoms with Gasteiger partial charge in [0.05, 0.1) is 0 Å². The molecule has 2 heterocycles. The number of hydrogen-bond acceptors (Lipinski definition) is 0. The van der Waals surface area contributed by atoms with E-state index in [0.29, 0.717) is 0 Å². The first-order chi connectivity index (χ1) is 13.7. The molecule has 0 aliphatic carbocycles. The van der Waals surface area contributed by atoms with Gasteiger partial charge in [0, 0.05) is 19.5 Å². The molecular formula is C26H44P2Rh. The standard InChI is InChI=1S/C26H44P2.Rh/c1-5-11-21-17-18-22(12-6-2)27(21)25-15-9-10-16-26(25)28-23(13-7-3)19-20-24(28)14-8-4;/h9-10,15-16,21-24H,5-8,11-14,17-20H2,1-4H3;/t21-,22-,23-,24-;/m0./s1. The monoisotopic (exact) mass is 521 g/mol. The molecule has 1 radical (unpaired) electrons. The topological polar surface area (TPSA) is 0 Å². The molecule has 29 heavy (non-hydrogen) atoms. The van der Waals surface area contributed by atoms with E-state index in [0.717, 1.165) is 22.6 Å². The average Bonchev–Trinajstić information content (AvgIpc) is 3.27. The van der Waals surface area contributed by atoms with E-state index in [1.807, 2.05) is 10.6 Å². The Morgan fingerprint density at radius 3 is 1.10 bits per heavy atom. The van der Waals surface area contributed by atoms with Crippen LogP contribution in [0.4, 0.5) is 0 Å². The first kappa shape index (κ1) is 26.0. The van der Waals surface area contributed by atoms with Crippen LogP contribution in [-0.4, -0.2) is 22.6 Å². The van der Waals surface area contributed by atoms with Gasteiger partial charge in [-0.3, -0.25) is 0 Å². The summed E-state index contributed by atoms with van der Waals surface area (Å²) in [6, 6.07) is 9.95. The fourth-order valence-corrected chi connectivity index (χ4v) is 14.6. The van der Waals surface area contributed by atoms with Crippen molar-refractivity contribution in [2.75, 3.05) is 0 Å². The Balaban J connectivity index is 0.00000300. The van der Waals surface area contributed by atoms with E-state index < -0.39 is 0 Å². The predicted octanol–water partition coefficient (Wildman–Crippen LogP) is 8.16. The van der Waals surface area contributed by atoms with Gasteiger partial charge in [0.15, 0.2) is 0 Å². The molecule has 3 rings (SSSR count). The summed E-state index contributed by atoms with van der Waals surface area (Å²) in [5.41, 5.74) is 4.02. The quantitative estimate of drug-likeness (QED) is 0.215. The van der Waals surface area contributed by atoms with E-state index in [2.05, 4.69) is 52.0 Å². The minimum Gasteiger partial charge on any atom is -0.0683 e. The van der Waals surface area contributed by atoms with Crippen LogP contribution in [0.3, 0.4) is 0 Å². The molecule has 0 unspecified atom stereocenters. The zero-order valence-corrected chi connectivity index (χ0v) is 22.8. The summed E-state index contributed by atoms with van der Waals surface area (Å²) in [6.07, 6.45) is 17.4. The van der Waals surface area contributed by atoms with Gasteiger partial charge in [-0.05, 0) is 84.6 Å². The molecule has 167 valence electrons. The molecule has 1 aromatic carbocycles. The van der Waals surface area contributed by atoms with Crippen molar-refractivity contribution >= 4 is 26.5 Å². The summed E-state index contributed by atoms with van der Waals surface area (Å²) < 4.78 is 0. The van der Waals surface area contributed by atoms with Crippen molar-refractivity contribution in [3.05, 3.63) is 24.3 Å². The molecule has 2 saturated heterocycles. The van der Waals surface area contributed by atoms with Crippen LogP contribution in [0.5, 0.6) is 0 Å². The molecule has 2 aliphatic rings. The van der Waals surface area contributed by atoms with Crippen LogP contribution < -0.4 is 10.6 Å². The van der Waals surface area contributed by atoms with Crippen molar-refractivity contribution in [2.45, 2.75) is 127 Å². The minimum atomic E-state index is 0. The second kappa shape index (κ2) is 13.3. The van der Waals surface area contributed by atoms with E-state index in [1.54, 1.807) is 0 Å². The third-order valence-corrected chi connectivity index (χ3v) is 14.4. The Bertz CT molecular complexity index is 511. The van der Waals surface area contributed by atoms with Gasteiger partial charge in [-0.15, -0.1) is 0 Å². The van der Waals surface area contributed by atoms with Crippen LogP contribution >= 0.6 is 15.8 Å². The molecule has 4 atom stereocenters. The summed E-state index contributed by atoms with van der Waals surface area (Å²) in [4.78, 5) is 0. The number of hydrogen-bond donors (Lipinski definition) is 0. The van der Waals surface area contributed by atoms with Crippen LogP contribution in [0.25, 0.3) is 0 Å². The Kier molecular flexibility index (Phi) is 11.9. The summed E-state index contributed by atoms with van der Waals surface area (Å²) in [5.74, 6) is 0. The maximum Gasteiger partial charge on any atom is 0 e. The average molecular weight is 521 g/mol. The molecule has 3 heteroatoms. The minimum absolute atomic E-state index is 0. The molecule has 1 aromatic rings. The first-order valence-electron chi connectivity index (χ1n) is 12.4. The van der Waals surface area contributed by atoms with Crippen LogP contribution in [0.2, 0.25) is 0 Å². The molecule has 0 bridgehead atoms.